The first-order valence-corrected chi connectivity index (χ1v) is 5.35. The van der Waals surface area contributed by atoms with E-state index in [9.17, 15) is 0 Å². The molecule has 3 heteroatoms. The smallest absolute Gasteiger partial charge is 0.123 e. The van der Waals surface area contributed by atoms with E-state index in [1.165, 1.54) is 12.8 Å². The normalized spacial score (nSPS) is 17.1. The number of aromatic nitrogens is 1. The van der Waals surface area contributed by atoms with Crippen molar-refractivity contribution in [1.29, 1.82) is 5.26 Å². The topological polar surface area (TPSA) is 48.7 Å². The van der Waals surface area contributed by atoms with Crippen molar-refractivity contribution in [1.82, 2.24) is 10.3 Å². The van der Waals surface area contributed by atoms with Crippen LogP contribution in [0.25, 0.3) is 0 Å². The fourth-order valence-corrected chi connectivity index (χ4v) is 1.61. The summed E-state index contributed by atoms with van der Waals surface area (Å²) in [5.74, 6) is 0.790. The van der Waals surface area contributed by atoms with Crippen LogP contribution in [0.2, 0.25) is 0 Å². The third kappa shape index (κ3) is 2.54. The minimum atomic E-state index is -0.209. The van der Waals surface area contributed by atoms with Crippen LogP contribution in [0.3, 0.4) is 0 Å². The average molecular weight is 201 g/mol. The number of pyridine rings is 1. The molecular formula is C12H15N3. The predicted octanol–water partition coefficient (Wildman–Crippen LogP) is 1.95. The first-order chi connectivity index (χ1) is 7.31. The highest BCUT2D eigenvalue weighted by Gasteiger charge is 2.23. The van der Waals surface area contributed by atoms with Gasteiger partial charge in [0.25, 0.3) is 0 Å². The second-order valence-corrected chi connectivity index (χ2v) is 4.15. The number of hydrogen-bond donors (Lipinski definition) is 1. The van der Waals surface area contributed by atoms with Crippen LogP contribution < -0.4 is 5.32 Å². The zero-order valence-corrected chi connectivity index (χ0v) is 8.90. The summed E-state index contributed by atoms with van der Waals surface area (Å²) >= 11 is 0. The standard InChI is InChI=1S/C12H15N3/c1-9-4-5-14-8-11(9)12(6-13)15-7-10-2-3-10/h4-5,8,10,12,15H,2-3,7H2,1H3. The first kappa shape index (κ1) is 10.1. The molecule has 0 saturated heterocycles. The highest BCUT2D eigenvalue weighted by Crippen LogP contribution is 2.28. The summed E-state index contributed by atoms with van der Waals surface area (Å²) in [6.07, 6.45) is 6.14. The van der Waals surface area contributed by atoms with Crippen LogP contribution in [0.1, 0.15) is 30.0 Å². The summed E-state index contributed by atoms with van der Waals surface area (Å²) in [5, 5.41) is 12.4. The Morgan fingerprint density at radius 1 is 1.67 bits per heavy atom. The minimum Gasteiger partial charge on any atom is -0.298 e. The maximum Gasteiger partial charge on any atom is 0.123 e. The maximum absolute atomic E-state index is 9.10. The highest BCUT2D eigenvalue weighted by molar-refractivity contribution is 5.29. The van der Waals surface area contributed by atoms with Gasteiger partial charge in [0.15, 0.2) is 0 Å². The molecule has 0 aliphatic heterocycles. The van der Waals surface area contributed by atoms with Crippen LogP contribution in [0.5, 0.6) is 0 Å². The van der Waals surface area contributed by atoms with Crippen molar-refractivity contribution < 1.29 is 0 Å². The number of nitrogens with zero attached hydrogens (tertiary/aromatic N) is 2. The molecule has 2 rings (SSSR count). The molecule has 1 saturated carbocycles. The van der Waals surface area contributed by atoms with Crippen LogP contribution in [-0.2, 0) is 0 Å². The van der Waals surface area contributed by atoms with Crippen molar-refractivity contribution in [2.75, 3.05) is 6.54 Å². The van der Waals surface area contributed by atoms with Gasteiger partial charge in [0.1, 0.15) is 6.04 Å². The van der Waals surface area contributed by atoms with Crippen LogP contribution in [-0.4, -0.2) is 11.5 Å². The summed E-state index contributed by atoms with van der Waals surface area (Å²) in [5.41, 5.74) is 2.13. The molecule has 0 spiro atoms. The highest BCUT2D eigenvalue weighted by atomic mass is 14.9. The lowest BCUT2D eigenvalue weighted by atomic mass is 10.1. The summed E-state index contributed by atoms with van der Waals surface area (Å²) in [6, 6.07) is 4.03. The molecule has 0 bridgehead atoms. The van der Waals surface area contributed by atoms with E-state index < -0.39 is 0 Å². The van der Waals surface area contributed by atoms with Gasteiger partial charge in [-0.1, -0.05) is 0 Å². The Morgan fingerprint density at radius 3 is 3.07 bits per heavy atom. The third-order valence-corrected chi connectivity index (χ3v) is 2.83. The van der Waals surface area contributed by atoms with Gasteiger partial charge in [0.05, 0.1) is 6.07 Å². The Labute approximate surface area is 90.1 Å². The fourth-order valence-electron chi connectivity index (χ4n) is 1.61. The zero-order chi connectivity index (χ0) is 10.7. The van der Waals surface area contributed by atoms with Crippen LogP contribution >= 0.6 is 0 Å². The Hall–Kier alpha value is -1.40. The molecule has 15 heavy (non-hydrogen) atoms. The molecule has 0 aromatic carbocycles. The molecule has 0 radical (unpaired) electrons. The lowest BCUT2D eigenvalue weighted by molar-refractivity contribution is 0.590. The molecule has 0 amide bonds. The minimum absolute atomic E-state index is 0.209. The van der Waals surface area contributed by atoms with E-state index in [0.29, 0.717) is 0 Å². The lowest BCUT2D eigenvalue weighted by Gasteiger charge is -2.13. The summed E-state index contributed by atoms with van der Waals surface area (Å²) in [6.45, 7) is 2.96. The van der Waals surface area contributed by atoms with Gasteiger partial charge in [0.2, 0.25) is 0 Å². The van der Waals surface area contributed by atoms with Gasteiger partial charge in [0, 0.05) is 18.0 Å². The van der Waals surface area contributed by atoms with Gasteiger partial charge in [-0.25, -0.2) is 0 Å². The molecular weight excluding hydrogens is 186 g/mol. The van der Waals surface area contributed by atoms with Crippen molar-refractivity contribution in [3.05, 3.63) is 29.6 Å². The monoisotopic (exact) mass is 201 g/mol. The molecule has 3 nitrogen and oxygen atoms in total. The fraction of sp³-hybridized carbons (Fsp3) is 0.500. The Morgan fingerprint density at radius 2 is 2.47 bits per heavy atom. The second kappa shape index (κ2) is 4.41. The van der Waals surface area contributed by atoms with Crippen molar-refractivity contribution >= 4 is 0 Å². The van der Waals surface area contributed by atoms with Crippen LogP contribution in [0, 0.1) is 24.2 Å². The van der Waals surface area contributed by atoms with Gasteiger partial charge >= 0.3 is 0 Å². The molecule has 1 heterocycles. The molecule has 1 aliphatic carbocycles. The molecule has 1 aliphatic rings. The van der Waals surface area contributed by atoms with Crippen molar-refractivity contribution in [3.8, 4) is 6.07 Å². The number of nitrogens with one attached hydrogen (secondary N) is 1. The molecule has 1 atom stereocenters. The quantitative estimate of drug-likeness (QED) is 0.810. The van der Waals surface area contributed by atoms with Gasteiger partial charge in [-0.3, -0.25) is 10.3 Å². The Balaban J connectivity index is 2.05. The van der Waals surface area contributed by atoms with Gasteiger partial charge in [-0.15, -0.1) is 0 Å². The summed E-state index contributed by atoms with van der Waals surface area (Å²) in [7, 11) is 0. The zero-order valence-electron chi connectivity index (χ0n) is 8.90. The first-order valence-electron chi connectivity index (χ1n) is 5.35. The largest absolute Gasteiger partial charge is 0.298 e. The average Bonchev–Trinajstić information content (AvgIpc) is 3.05. The van der Waals surface area contributed by atoms with E-state index in [4.69, 9.17) is 5.26 Å². The summed E-state index contributed by atoms with van der Waals surface area (Å²) < 4.78 is 0. The van der Waals surface area contributed by atoms with Crippen molar-refractivity contribution in [2.45, 2.75) is 25.8 Å². The number of hydrogen-bond acceptors (Lipinski definition) is 3. The predicted molar refractivity (Wildman–Crippen MR) is 58.1 cm³/mol. The molecule has 1 unspecified atom stereocenters. The van der Waals surface area contributed by atoms with E-state index in [0.717, 1.165) is 23.6 Å². The number of rotatable bonds is 4. The van der Waals surface area contributed by atoms with Crippen molar-refractivity contribution in [2.24, 2.45) is 5.92 Å². The second-order valence-electron chi connectivity index (χ2n) is 4.15. The molecule has 1 aromatic rings. The van der Waals surface area contributed by atoms with Crippen LogP contribution in [0.15, 0.2) is 18.5 Å². The van der Waals surface area contributed by atoms with E-state index in [1.54, 1.807) is 12.4 Å². The number of aryl methyl sites for hydroxylation is 1. The van der Waals surface area contributed by atoms with Crippen LogP contribution in [0.4, 0.5) is 0 Å². The SMILES string of the molecule is Cc1ccncc1C(C#N)NCC1CC1. The summed E-state index contributed by atoms with van der Waals surface area (Å²) in [4.78, 5) is 4.07. The van der Waals surface area contributed by atoms with E-state index >= 15 is 0 Å². The lowest BCUT2D eigenvalue weighted by Crippen LogP contribution is -2.23. The number of nitriles is 1. The van der Waals surface area contributed by atoms with Crippen molar-refractivity contribution in [3.63, 3.8) is 0 Å². The van der Waals surface area contributed by atoms with Gasteiger partial charge < -0.3 is 0 Å². The maximum atomic E-state index is 9.10. The Bertz CT molecular complexity index is 377. The van der Waals surface area contributed by atoms with Gasteiger partial charge in [-0.2, -0.15) is 5.26 Å². The van der Waals surface area contributed by atoms with E-state index in [2.05, 4.69) is 16.4 Å². The Kier molecular flexibility index (Phi) is 2.98. The third-order valence-electron chi connectivity index (χ3n) is 2.83. The molecule has 1 N–H and O–H groups in total. The van der Waals surface area contributed by atoms with E-state index in [1.807, 2.05) is 13.0 Å². The van der Waals surface area contributed by atoms with E-state index in [-0.39, 0.29) is 6.04 Å². The molecule has 1 aromatic heterocycles. The molecule has 78 valence electrons. The van der Waals surface area contributed by atoms with Gasteiger partial charge in [-0.05, 0) is 43.9 Å². The molecule has 1 fully saturated rings.